The van der Waals surface area contributed by atoms with Crippen LogP contribution in [0.5, 0.6) is 0 Å². The number of hydrogen-bond acceptors (Lipinski definition) is 3. The summed E-state index contributed by atoms with van der Waals surface area (Å²) >= 11 is 12.0. The molecule has 0 radical (unpaired) electrons. The average molecular weight is 315 g/mol. The molecule has 108 valence electrons. The summed E-state index contributed by atoms with van der Waals surface area (Å²) in [6.45, 7) is 1.93. The van der Waals surface area contributed by atoms with E-state index in [1.54, 1.807) is 12.1 Å². The van der Waals surface area contributed by atoms with Crippen LogP contribution in [-0.4, -0.2) is 29.8 Å². The number of rotatable bonds is 3. The van der Waals surface area contributed by atoms with Crippen molar-refractivity contribution in [2.24, 2.45) is 0 Å². The maximum Gasteiger partial charge on any atom is 0.246 e. The van der Waals surface area contributed by atoms with Crippen LogP contribution in [0.1, 0.15) is 31.4 Å². The van der Waals surface area contributed by atoms with Crippen LogP contribution >= 0.6 is 23.2 Å². The van der Waals surface area contributed by atoms with Crippen molar-refractivity contribution in [1.29, 1.82) is 0 Å². The minimum Gasteiger partial charge on any atom is -0.299 e. The second-order valence-electron chi connectivity index (χ2n) is 4.94. The predicted octanol–water partition coefficient (Wildman–Crippen LogP) is 2.79. The van der Waals surface area contributed by atoms with Gasteiger partial charge in [0, 0.05) is 29.6 Å². The number of nitrogens with zero attached hydrogens (tertiary/aromatic N) is 1. The van der Waals surface area contributed by atoms with Crippen molar-refractivity contribution in [3.8, 4) is 0 Å². The molecule has 4 nitrogen and oxygen atoms in total. The van der Waals surface area contributed by atoms with Crippen molar-refractivity contribution >= 4 is 35.0 Å². The molecular formula is C14H16Cl2N2O2. The summed E-state index contributed by atoms with van der Waals surface area (Å²) < 4.78 is 0. The van der Waals surface area contributed by atoms with E-state index in [4.69, 9.17) is 23.2 Å². The molecule has 0 bridgehead atoms. The van der Waals surface area contributed by atoms with E-state index in [1.807, 2.05) is 13.0 Å². The molecule has 0 aliphatic carbocycles. The Morgan fingerprint density at radius 1 is 1.35 bits per heavy atom. The van der Waals surface area contributed by atoms with Crippen molar-refractivity contribution in [3.63, 3.8) is 0 Å². The molecule has 1 saturated heterocycles. The zero-order valence-corrected chi connectivity index (χ0v) is 12.8. The molecule has 1 fully saturated rings. The number of nitrogens with one attached hydrogen (secondary N) is 1. The van der Waals surface area contributed by atoms with Gasteiger partial charge in [0.2, 0.25) is 11.8 Å². The molecule has 2 rings (SSSR count). The molecule has 1 aliphatic heterocycles. The Hall–Kier alpha value is -1.10. The van der Waals surface area contributed by atoms with Gasteiger partial charge in [-0.05, 0) is 31.0 Å². The van der Waals surface area contributed by atoms with E-state index in [0.717, 1.165) is 5.56 Å². The number of likely N-dealkylation sites (N-methyl/N-ethyl adjacent to an activating group) is 1. The third kappa shape index (κ3) is 3.14. The summed E-state index contributed by atoms with van der Waals surface area (Å²) in [5.41, 5.74) is 0.878. The molecule has 0 spiro atoms. The Kier molecular flexibility index (Phi) is 4.68. The van der Waals surface area contributed by atoms with E-state index in [-0.39, 0.29) is 23.9 Å². The number of imide groups is 1. The van der Waals surface area contributed by atoms with Gasteiger partial charge in [-0.1, -0.05) is 29.3 Å². The minimum atomic E-state index is -0.362. The van der Waals surface area contributed by atoms with Crippen LogP contribution in [0.2, 0.25) is 10.0 Å². The van der Waals surface area contributed by atoms with E-state index < -0.39 is 0 Å². The smallest absolute Gasteiger partial charge is 0.246 e. The van der Waals surface area contributed by atoms with E-state index in [9.17, 15) is 9.59 Å². The molecule has 1 N–H and O–H groups in total. The number of amides is 2. The highest BCUT2D eigenvalue weighted by atomic mass is 35.5. The van der Waals surface area contributed by atoms with Crippen LogP contribution in [0.4, 0.5) is 0 Å². The molecule has 1 heterocycles. The number of carbonyl (C=O) groups is 2. The zero-order chi connectivity index (χ0) is 14.9. The molecule has 1 aromatic carbocycles. The minimum absolute atomic E-state index is 0.102. The molecule has 2 atom stereocenters. The van der Waals surface area contributed by atoms with E-state index in [2.05, 4.69) is 5.32 Å². The number of hydrogen-bond donors (Lipinski definition) is 1. The second-order valence-corrected chi connectivity index (χ2v) is 5.78. The fourth-order valence-electron chi connectivity index (χ4n) is 2.31. The third-order valence-corrected chi connectivity index (χ3v) is 4.09. The van der Waals surface area contributed by atoms with E-state index in [1.165, 1.54) is 11.9 Å². The van der Waals surface area contributed by atoms with Gasteiger partial charge in [0.1, 0.15) is 0 Å². The fraction of sp³-hybridized carbons (Fsp3) is 0.429. The quantitative estimate of drug-likeness (QED) is 0.873. The SMILES string of the molecule is CC(NC1CCC(=O)N(C)C1=O)c1ccc(Cl)cc1Cl. The monoisotopic (exact) mass is 314 g/mol. The van der Waals surface area contributed by atoms with Gasteiger partial charge in [0.15, 0.2) is 0 Å². The topological polar surface area (TPSA) is 49.4 Å². The number of likely N-dealkylation sites (tertiary alicyclic amines) is 1. The Bertz CT molecular complexity index is 548. The van der Waals surface area contributed by atoms with Gasteiger partial charge in [0.05, 0.1) is 6.04 Å². The molecule has 2 unspecified atom stereocenters. The highest BCUT2D eigenvalue weighted by Crippen LogP contribution is 2.27. The van der Waals surface area contributed by atoms with Gasteiger partial charge >= 0.3 is 0 Å². The number of benzene rings is 1. The molecular weight excluding hydrogens is 299 g/mol. The Labute approximate surface area is 128 Å². The lowest BCUT2D eigenvalue weighted by molar-refractivity contribution is -0.148. The fourth-order valence-corrected chi connectivity index (χ4v) is 2.89. The lowest BCUT2D eigenvalue weighted by atomic mass is 10.0. The standard InChI is InChI=1S/C14H16Cl2N2O2/c1-8(10-4-3-9(15)7-11(10)16)17-12-5-6-13(19)18(2)14(12)20/h3-4,7-8,12,17H,5-6H2,1-2H3. The summed E-state index contributed by atoms with van der Waals surface area (Å²) in [5, 5.41) is 4.36. The van der Waals surface area contributed by atoms with Crippen LogP contribution in [0.3, 0.4) is 0 Å². The van der Waals surface area contributed by atoms with Crippen molar-refractivity contribution in [2.75, 3.05) is 7.05 Å². The van der Waals surface area contributed by atoms with Crippen LogP contribution in [0.25, 0.3) is 0 Å². The summed E-state index contributed by atoms with van der Waals surface area (Å²) in [6.07, 6.45) is 0.887. The lowest BCUT2D eigenvalue weighted by Crippen LogP contribution is -2.51. The first-order valence-electron chi connectivity index (χ1n) is 6.41. The normalized spacial score (nSPS) is 21.2. The van der Waals surface area contributed by atoms with Gasteiger partial charge in [-0.15, -0.1) is 0 Å². The third-order valence-electron chi connectivity index (χ3n) is 3.53. The number of carbonyl (C=O) groups excluding carboxylic acids is 2. The lowest BCUT2D eigenvalue weighted by Gasteiger charge is -2.30. The molecule has 1 aliphatic rings. The largest absolute Gasteiger partial charge is 0.299 e. The Balaban J connectivity index is 2.09. The Morgan fingerprint density at radius 3 is 2.70 bits per heavy atom. The first kappa shape index (κ1) is 15.3. The molecule has 6 heteroatoms. The summed E-state index contributed by atoms with van der Waals surface area (Å²) in [5.74, 6) is -0.330. The number of piperidine rings is 1. The van der Waals surface area contributed by atoms with Crippen molar-refractivity contribution < 1.29 is 9.59 Å². The maximum absolute atomic E-state index is 12.0. The summed E-state index contributed by atoms with van der Waals surface area (Å²) in [7, 11) is 1.51. The molecule has 0 aromatic heterocycles. The highest BCUT2D eigenvalue weighted by Gasteiger charge is 2.32. The van der Waals surface area contributed by atoms with E-state index in [0.29, 0.717) is 22.9 Å². The molecule has 2 amide bonds. The van der Waals surface area contributed by atoms with Gasteiger partial charge in [0.25, 0.3) is 0 Å². The van der Waals surface area contributed by atoms with Crippen molar-refractivity contribution in [2.45, 2.75) is 31.8 Å². The van der Waals surface area contributed by atoms with Gasteiger partial charge in [-0.25, -0.2) is 0 Å². The highest BCUT2D eigenvalue weighted by molar-refractivity contribution is 6.35. The predicted molar refractivity (Wildman–Crippen MR) is 78.8 cm³/mol. The van der Waals surface area contributed by atoms with Crippen molar-refractivity contribution in [3.05, 3.63) is 33.8 Å². The molecule has 0 saturated carbocycles. The van der Waals surface area contributed by atoms with Gasteiger partial charge < -0.3 is 0 Å². The second kappa shape index (κ2) is 6.12. The van der Waals surface area contributed by atoms with Crippen molar-refractivity contribution in [1.82, 2.24) is 10.2 Å². The molecule has 20 heavy (non-hydrogen) atoms. The first-order valence-corrected chi connectivity index (χ1v) is 7.17. The zero-order valence-electron chi connectivity index (χ0n) is 11.3. The van der Waals surface area contributed by atoms with Crippen LogP contribution < -0.4 is 5.32 Å². The summed E-state index contributed by atoms with van der Waals surface area (Å²) in [6, 6.07) is 4.81. The Morgan fingerprint density at radius 2 is 2.05 bits per heavy atom. The van der Waals surface area contributed by atoms with Gasteiger partial charge in [-0.2, -0.15) is 0 Å². The van der Waals surface area contributed by atoms with E-state index >= 15 is 0 Å². The molecule has 1 aromatic rings. The van der Waals surface area contributed by atoms with Crippen LogP contribution in [0, 0.1) is 0 Å². The summed E-state index contributed by atoms with van der Waals surface area (Å²) in [4.78, 5) is 24.6. The van der Waals surface area contributed by atoms with Crippen LogP contribution in [0.15, 0.2) is 18.2 Å². The van der Waals surface area contributed by atoms with Gasteiger partial charge in [-0.3, -0.25) is 19.8 Å². The number of halogens is 2. The average Bonchev–Trinajstić information content (AvgIpc) is 2.39. The van der Waals surface area contributed by atoms with Crippen LogP contribution in [-0.2, 0) is 9.59 Å². The first-order chi connectivity index (χ1) is 9.40. The maximum atomic E-state index is 12.0.